The molecular formula is C6H13O3Ti-. The molecule has 4 heteroatoms. The minimum Gasteiger partial charge on any atom is -0.336 e. The van der Waals surface area contributed by atoms with E-state index in [1.165, 1.54) is 21.3 Å². The van der Waals surface area contributed by atoms with Crippen molar-refractivity contribution in [2.24, 2.45) is 0 Å². The van der Waals surface area contributed by atoms with Crippen LogP contribution in [0.5, 0.6) is 0 Å². The Morgan fingerprint density at radius 2 is 1.40 bits per heavy atom. The van der Waals surface area contributed by atoms with Gasteiger partial charge in [0.05, 0.1) is 0 Å². The second kappa shape index (κ2) is 6.31. The van der Waals surface area contributed by atoms with E-state index >= 15 is 0 Å². The van der Waals surface area contributed by atoms with Crippen molar-refractivity contribution in [3.63, 3.8) is 0 Å². The van der Waals surface area contributed by atoms with E-state index < -0.39 is 5.97 Å². The largest absolute Gasteiger partial charge is 0.336 e. The molecule has 60 valence electrons. The number of methoxy groups -OCH3 is 3. The summed E-state index contributed by atoms with van der Waals surface area (Å²) in [7, 11) is 4.54. The smallest absolute Gasteiger partial charge is 0.253 e. The standard InChI is InChI=1S/C6H13O3.Ti/c1-5-6(7-2,8-3)9-4;/h1,5H2,2-4H3;/q-1;. The predicted octanol–water partition coefficient (Wildman–Crippen LogP) is 0.801. The van der Waals surface area contributed by atoms with E-state index in [0.717, 1.165) is 0 Å². The van der Waals surface area contributed by atoms with Crippen molar-refractivity contribution in [3.8, 4) is 0 Å². The molecule has 0 amide bonds. The second-order valence-electron chi connectivity index (χ2n) is 1.55. The van der Waals surface area contributed by atoms with Gasteiger partial charge < -0.3 is 21.1 Å². The molecule has 0 fully saturated rings. The summed E-state index contributed by atoms with van der Waals surface area (Å²) in [5.41, 5.74) is 0. The van der Waals surface area contributed by atoms with E-state index in [9.17, 15) is 0 Å². The van der Waals surface area contributed by atoms with E-state index in [1.54, 1.807) is 0 Å². The Bertz CT molecular complexity index is 55.9. The molecule has 0 aliphatic rings. The number of hydrogen-bond donors (Lipinski definition) is 0. The molecule has 0 spiro atoms. The SMILES string of the molecule is [CH2-]CC(OC)(OC)OC.[Ti]. The quantitative estimate of drug-likeness (QED) is 0.364. The van der Waals surface area contributed by atoms with Gasteiger partial charge in [0.15, 0.2) is 0 Å². The molecule has 0 aliphatic heterocycles. The Morgan fingerprint density at radius 1 is 1.10 bits per heavy atom. The summed E-state index contributed by atoms with van der Waals surface area (Å²) in [6.45, 7) is 3.60. The van der Waals surface area contributed by atoms with Gasteiger partial charge in [-0.3, -0.25) is 0 Å². The fourth-order valence-electron chi connectivity index (χ4n) is 0.556. The monoisotopic (exact) mass is 181 g/mol. The van der Waals surface area contributed by atoms with E-state index in [0.29, 0.717) is 6.42 Å². The minimum atomic E-state index is -0.944. The average molecular weight is 181 g/mol. The number of ether oxygens (including phenoxy) is 3. The first-order valence-corrected chi connectivity index (χ1v) is 2.69. The van der Waals surface area contributed by atoms with Crippen LogP contribution in [0.25, 0.3) is 0 Å². The maximum Gasteiger partial charge on any atom is 0.253 e. The third-order valence-corrected chi connectivity index (χ3v) is 1.24. The second-order valence-corrected chi connectivity index (χ2v) is 1.55. The fraction of sp³-hybridized carbons (Fsp3) is 0.833. The third kappa shape index (κ3) is 3.12. The first-order valence-electron chi connectivity index (χ1n) is 2.69. The van der Waals surface area contributed by atoms with Crippen molar-refractivity contribution in [3.05, 3.63) is 6.92 Å². The molecule has 0 radical (unpaired) electrons. The van der Waals surface area contributed by atoms with Crippen molar-refractivity contribution in [2.75, 3.05) is 21.3 Å². The molecule has 3 nitrogen and oxygen atoms in total. The Kier molecular flexibility index (Phi) is 8.34. The molecule has 0 bridgehead atoms. The van der Waals surface area contributed by atoms with Gasteiger partial charge in [0.25, 0.3) is 5.97 Å². The average Bonchev–Trinajstić information content (AvgIpc) is 1.95. The Morgan fingerprint density at radius 3 is 1.40 bits per heavy atom. The van der Waals surface area contributed by atoms with Crippen molar-refractivity contribution >= 4 is 0 Å². The van der Waals surface area contributed by atoms with Crippen LogP contribution < -0.4 is 0 Å². The predicted molar refractivity (Wildman–Crippen MR) is 33.7 cm³/mol. The Balaban J connectivity index is 0. The molecule has 0 aromatic heterocycles. The molecule has 0 heterocycles. The van der Waals surface area contributed by atoms with Gasteiger partial charge in [0.1, 0.15) is 0 Å². The van der Waals surface area contributed by atoms with Gasteiger partial charge in [-0.2, -0.15) is 0 Å². The third-order valence-electron chi connectivity index (χ3n) is 1.24. The Hall–Kier alpha value is 0.594. The van der Waals surface area contributed by atoms with Crippen LogP contribution in [0.1, 0.15) is 6.42 Å². The van der Waals surface area contributed by atoms with Crippen molar-refractivity contribution in [1.82, 2.24) is 0 Å². The minimum absolute atomic E-state index is 0. The van der Waals surface area contributed by atoms with Gasteiger partial charge in [0.2, 0.25) is 0 Å². The summed E-state index contributed by atoms with van der Waals surface area (Å²) in [4.78, 5) is 0. The first kappa shape index (κ1) is 13.2. The zero-order valence-corrected chi connectivity index (χ0v) is 8.20. The summed E-state index contributed by atoms with van der Waals surface area (Å²) in [6.07, 6.45) is 0.427. The Labute approximate surface area is 76.9 Å². The molecule has 0 atom stereocenters. The van der Waals surface area contributed by atoms with Gasteiger partial charge in [-0.1, -0.05) is 6.42 Å². The van der Waals surface area contributed by atoms with Crippen LogP contribution in [0.15, 0.2) is 0 Å². The molecule has 0 N–H and O–H groups in total. The van der Waals surface area contributed by atoms with Crippen LogP contribution >= 0.6 is 0 Å². The summed E-state index contributed by atoms with van der Waals surface area (Å²) < 4.78 is 14.6. The van der Waals surface area contributed by atoms with Gasteiger partial charge >= 0.3 is 0 Å². The van der Waals surface area contributed by atoms with Crippen LogP contribution in [0.2, 0.25) is 0 Å². The molecule has 0 saturated heterocycles. The molecular weight excluding hydrogens is 168 g/mol. The van der Waals surface area contributed by atoms with E-state index in [1.807, 2.05) is 0 Å². The van der Waals surface area contributed by atoms with Gasteiger partial charge in [-0.15, -0.1) is 0 Å². The van der Waals surface area contributed by atoms with Crippen molar-refractivity contribution in [1.29, 1.82) is 0 Å². The van der Waals surface area contributed by atoms with Crippen LogP contribution in [0, 0.1) is 6.92 Å². The molecule has 0 unspecified atom stereocenters. The van der Waals surface area contributed by atoms with Crippen LogP contribution in [0.3, 0.4) is 0 Å². The van der Waals surface area contributed by atoms with Crippen LogP contribution in [-0.2, 0) is 35.9 Å². The first-order chi connectivity index (χ1) is 4.24. The summed E-state index contributed by atoms with van der Waals surface area (Å²) in [5, 5.41) is 0. The van der Waals surface area contributed by atoms with Crippen LogP contribution in [0.4, 0.5) is 0 Å². The fourth-order valence-corrected chi connectivity index (χ4v) is 0.556. The van der Waals surface area contributed by atoms with Crippen molar-refractivity contribution in [2.45, 2.75) is 12.4 Å². The van der Waals surface area contributed by atoms with E-state index in [2.05, 4.69) is 6.92 Å². The number of rotatable bonds is 4. The molecule has 0 saturated carbocycles. The van der Waals surface area contributed by atoms with Crippen LogP contribution in [-0.4, -0.2) is 27.3 Å². The topological polar surface area (TPSA) is 27.7 Å². The van der Waals surface area contributed by atoms with Crippen molar-refractivity contribution < 1.29 is 35.9 Å². The summed E-state index contributed by atoms with van der Waals surface area (Å²) in [5.74, 6) is -0.944. The molecule has 0 aromatic rings. The van der Waals surface area contributed by atoms with E-state index in [4.69, 9.17) is 14.2 Å². The normalized spacial score (nSPS) is 10.8. The van der Waals surface area contributed by atoms with Gasteiger partial charge in [-0.05, 0) is 0 Å². The molecule has 10 heavy (non-hydrogen) atoms. The maximum atomic E-state index is 4.88. The van der Waals surface area contributed by atoms with E-state index in [-0.39, 0.29) is 21.7 Å². The molecule has 0 aliphatic carbocycles. The molecule has 0 aromatic carbocycles. The zero-order chi connectivity index (χ0) is 7.33. The summed E-state index contributed by atoms with van der Waals surface area (Å²) in [6, 6.07) is 0. The van der Waals surface area contributed by atoms with Gasteiger partial charge in [-0.25, -0.2) is 0 Å². The zero-order valence-electron chi connectivity index (χ0n) is 6.64. The maximum absolute atomic E-state index is 4.88. The van der Waals surface area contributed by atoms with Gasteiger partial charge in [0, 0.05) is 43.0 Å². The number of hydrogen-bond acceptors (Lipinski definition) is 3. The summed E-state index contributed by atoms with van der Waals surface area (Å²) >= 11 is 0. The molecule has 0 rings (SSSR count).